The molecule has 1 aromatic rings. The number of carboxylic acids is 1. The quantitative estimate of drug-likeness (QED) is 0.855. The van der Waals surface area contributed by atoms with Crippen molar-refractivity contribution in [2.75, 3.05) is 7.05 Å². The molecule has 0 aliphatic carbocycles. The third kappa shape index (κ3) is 3.31. The monoisotopic (exact) mass is 225 g/mol. The maximum Gasteiger partial charge on any atom is 0.335 e. The summed E-state index contributed by atoms with van der Waals surface area (Å²) in [6, 6.07) is 4.23. The average Bonchev–Trinajstić information content (AvgIpc) is 2.16. The Bertz CT molecular complexity index is 391. The van der Waals surface area contributed by atoms with Crippen LogP contribution in [0.5, 0.6) is 0 Å². The second kappa shape index (κ2) is 5.07. The highest BCUT2D eigenvalue weighted by Gasteiger charge is 2.09. The highest BCUT2D eigenvalue weighted by Crippen LogP contribution is 2.12. The number of hydrogen-bond donors (Lipinski definition) is 1. The summed E-state index contributed by atoms with van der Waals surface area (Å²) in [5.74, 6) is -1.61. The van der Waals surface area contributed by atoms with Crippen LogP contribution in [0.1, 0.15) is 29.8 Å². The lowest BCUT2D eigenvalue weighted by Crippen LogP contribution is -2.25. The first kappa shape index (κ1) is 12.6. The number of hydrogen-bond acceptors (Lipinski definition) is 2. The number of benzene rings is 1. The van der Waals surface area contributed by atoms with E-state index >= 15 is 0 Å². The summed E-state index contributed by atoms with van der Waals surface area (Å²) < 4.78 is 13.2. The number of nitrogens with zero attached hydrogens (tertiary/aromatic N) is 1. The molecule has 0 aliphatic heterocycles. The molecule has 3 nitrogen and oxygen atoms in total. The molecule has 0 bridgehead atoms. The van der Waals surface area contributed by atoms with E-state index < -0.39 is 11.8 Å². The molecule has 0 saturated heterocycles. The highest BCUT2D eigenvalue weighted by molar-refractivity contribution is 5.87. The molecule has 0 atom stereocenters. The van der Waals surface area contributed by atoms with Crippen LogP contribution >= 0.6 is 0 Å². The topological polar surface area (TPSA) is 40.5 Å². The number of aromatic carboxylic acids is 1. The molecule has 0 spiro atoms. The van der Waals surface area contributed by atoms with Gasteiger partial charge in [0.25, 0.3) is 0 Å². The van der Waals surface area contributed by atoms with E-state index in [1.165, 1.54) is 12.1 Å². The highest BCUT2D eigenvalue weighted by atomic mass is 19.1. The van der Waals surface area contributed by atoms with E-state index in [2.05, 4.69) is 0 Å². The van der Waals surface area contributed by atoms with Crippen LogP contribution < -0.4 is 0 Å². The molecule has 1 aromatic carbocycles. The van der Waals surface area contributed by atoms with Gasteiger partial charge in [0.2, 0.25) is 0 Å². The van der Waals surface area contributed by atoms with Gasteiger partial charge in [0, 0.05) is 12.6 Å². The SMILES string of the molecule is CC(C)N(C)Cc1cc(F)cc(C(=O)O)c1. The molecule has 88 valence electrons. The van der Waals surface area contributed by atoms with Gasteiger partial charge in [-0.2, -0.15) is 0 Å². The van der Waals surface area contributed by atoms with Crippen molar-refractivity contribution in [3.05, 3.63) is 35.1 Å². The van der Waals surface area contributed by atoms with Crippen molar-refractivity contribution in [1.82, 2.24) is 4.90 Å². The normalized spacial score (nSPS) is 11.1. The van der Waals surface area contributed by atoms with E-state index in [0.29, 0.717) is 18.2 Å². The third-order valence-electron chi connectivity index (χ3n) is 2.52. The molecule has 0 saturated carbocycles. The van der Waals surface area contributed by atoms with E-state index in [1.54, 1.807) is 0 Å². The van der Waals surface area contributed by atoms with Gasteiger partial charge in [-0.1, -0.05) is 0 Å². The van der Waals surface area contributed by atoms with Crippen LogP contribution in [0.15, 0.2) is 18.2 Å². The van der Waals surface area contributed by atoms with Crippen molar-refractivity contribution in [2.45, 2.75) is 26.4 Å². The van der Waals surface area contributed by atoms with Crippen molar-refractivity contribution in [1.29, 1.82) is 0 Å². The summed E-state index contributed by atoms with van der Waals surface area (Å²) in [5, 5.41) is 8.80. The molecule has 0 unspecified atom stereocenters. The lowest BCUT2D eigenvalue weighted by molar-refractivity contribution is 0.0696. The van der Waals surface area contributed by atoms with Crippen LogP contribution in [0.2, 0.25) is 0 Å². The number of rotatable bonds is 4. The van der Waals surface area contributed by atoms with Gasteiger partial charge < -0.3 is 5.11 Å². The van der Waals surface area contributed by atoms with Crippen LogP contribution in [0.25, 0.3) is 0 Å². The molecular formula is C12H16FNO2. The van der Waals surface area contributed by atoms with Gasteiger partial charge in [-0.15, -0.1) is 0 Å². The molecular weight excluding hydrogens is 209 g/mol. The van der Waals surface area contributed by atoms with Crippen LogP contribution in [-0.4, -0.2) is 29.1 Å². The van der Waals surface area contributed by atoms with E-state index in [0.717, 1.165) is 6.07 Å². The maximum absolute atomic E-state index is 13.2. The molecule has 0 aliphatic rings. The summed E-state index contributed by atoms with van der Waals surface area (Å²) in [7, 11) is 1.91. The van der Waals surface area contributed by atoms with Crippen molar-refractivity contribution in [3.63, 3.8) is 0 Å². The Morgan fingerprint density at radius 2 is 2.06 bits per heavy atom. The Morgan fingerprint density at radius 1 is 1.44 bits per heavy atom. The Balaban J connectivity index is 2.92. The molecule has 0 aromatic heterocycles. The van der Waals surface area contributed by atoms with E-state index in [1.807, 2.05) is 25.8 Å². The van der Waals surface area contributed by atoms with Gasteiger partial charge in [0.1, 0.15) is 5.82 Å². The largest absolute Gasteiger partial charge is 0.478 e. The zero-order valence-electron chi connectivity index (χ0n) is 9.70. The second-order valence-electron chi connectivity index (χ2n) is 4.16. The standard InChI is InChI=1S/C12H16FNO2/c1-8(2)14(3)7-9-4-10(12(15)16)6-11(13)5-9/h4-6,8H,7H2,1-3H3,(H,15,16). The fraction of sp³-hybridized carbons (Fsp3) is 0.417. The predicted octanol–water partition coefficient (Wildman–Crippen LogP) is 2.36. The van der Waals surface area contributed by atoms with Gasteiger partial charge in [0.05, 0.1) is 5.56 Å². The van der Waals surface area contributed by atoms with Gasteiger partial charge in [-0.25, -0.2) is 9.18 Å². The molecule has 4 heteroatoms. The van der Waals surface area contributed by atoms with E-state index in [-0.39, 0.29) is 5.56 Å². The van der Waals surface area contributed by atoms with Gasteiger partial charge in [-0.05, 0) is 44.7 Å². The summed E-state index contributed by atoms with van der Waals surface area (Å²) in [4.78, 5) is 12.8. The van der Waals surface area contributed by atoms with Crippen molar-refractivity contribution in [3.8, 4) is 0 Å². The Labute approximate surface area is 94.5 Å². The van der Waals surface area contributed by atoms with E-state index in [9.17, 15) is 9.18 Å². The summed E-state index contributed by atoms with van der Waals surface area (Å²) >= 11 is 0. The first-order chi connectivity index (χ1) is 7.40. The molecule has 16 heavy (non-hydrogen) atoms. The maximum atomic E-state index is 13.2. The molecule has 0 heterocycles. The van der Waals surface area contributed by atoms with Crippen LogP contribution in [0.4, 0.5) is 4.39 Å². The summed E-state index contributed by atoms with van der Waals surface area (Å²) in [5.41, 5.74) is 0.667. The molecule has 1 rings (SSSR count). The van der Waals surface area contributed by atoms with Crippen LogP contribution in [-0.2, 0) is 6.54 Å². The minimum absolute atomic E-state index is 0.00726. The first-order valence-corrected chi connectivity index (χ1v) is 5.13. The fourth-order valence-electron chi connectivity index (χ4n) is 1.34. The molecule has 0 radical (unpaired) electrons. The van der Waals surface area contributed by atoms with Crippen molar-refractivity contribution in [2.24, 2.45) is 0 Å². The van der Waals surface area contributed by atoms with Crippen LogP contribution in [0, 0.1) is 5.82 Å². The van der Waals surface area contributed by atoms with Gasteiger partial charge in [0.15, 0.2) is 0 Å². The molecule has 0 amide bonds. The zero-order valence-corrected chi connectivity index (χ0v) is 9.70. The Morgan fingerprint density at radius 3 is 2.56 bits per heavy atom. The fourth-order valence-corrected chi connectivity index (χ4v) is 1.34. The lowest BCUT2D eigenvalue weighted by Gasteiger charge is -2.21. The lowest BCUT2D eigenvalue weighted by atomic mass is 10.1. The number of halogens is 1. The van der Waals surface area contributed by atoms with Crippen molar-refractivity contribution >= 4 is 5.97 Å². The first-order valence-electron chi connectivity index (χ1n) is 5.13. The average molecular weight is 225 g/mol. The minimum atomic E-state index is -1.10. The van der Waals surface area contributed by atoms with Gasteiger partial charge in [-0.3, -0.25) is 4.90 Å². The van der Waals surface area contributed by atoms with Gasteiger partial charge >= 0.3 is 5.97 Å². The number of carboxylic acid groups (broad SMARTS) is 1. The predicted molar refractivity (Wildman–Crippen MR) is 60.0 cm³/mol. The third-order valence-corrected chi connectivity index (χ3v) is 2.52. The smallest absolute Gasteiger partial charge is 0.335 e. The minimum Gasteiger partial charge on any atom is -0.478 e. The molecule has 1 N–H and O–H groups in total. The molecule has 0 fully saturated rings. The Hall–Kier alpha value is -1.42. The summed E-state index contributed by atoms with van der Waals surface area (Å²) in [6.45, 7) is 4.59. The summed E-state index contributed by atoms with van der Waals surface area (Å²) in [6.07, 6.45) is 0. The van der Waals surface area contributed by atoms with Crippen LogP contribution in [0.3, 0.4) is 0 Å². The zero-order chi connectivity index (χ0) is 12.3. The second-order valence-corrected chi connectivity index (χ2v) is 4.16. The van der Waals surface area contributed by atoms with E-state index in [4.69, 9.17) is 5.11 Å². The van der Waals surface area contributed by atoms with Crippen molar-refractivity contribution < 1.29 is 14.3 Å². The number of carbonyl (C=O) groups is 1. The Kier molecular flexibility index (Phi) is 4.01.